The van der Waals surface area contributed by atoms with Crippen LogP contribution in [0.15, 0.2) is 12.2 Å². The highest BCUT2D eigenvalue weighted by molar-refractivity contribution is 5.75. The van der Waals surface area contributed by atoms with Crippen molar-refractivity contribution in [3.05, 3.63) is 12.2 Å². The summed E-state index contributed by atoms with van der Waals surface area (Å²) < 4.78 is 11.1. The van der Waals surface area contributed by atoms with E-state index in [1.54, 1.807) is 6.92 Å². The van der Waals surface area contributed by atoms with Crippen molar-refractivity contribution in [2.75, 3.05) is 27.2 Å². The molecule has 0 radical (unpaired) electrons. The molecule has 1 unspecified atom stereocenters. The molecule has 0 aliphatic carbocycles. The summed E-state index contributed by atoms with van der Waals surface area (Å²) in [5.74, 6) is 0.845. The number of rotatable bonds is 31. The molecule has 0 spiro atoms. The number of hydrogen-bond donors (Lipinski definition) is 0. The third-order valence-corrected chi connectivity index (χ3v) is 8.19. The number of ether oxygens (including phenoxy) is 2. The first kappa shape index (κ1) is 40.6. The minimum absolute atomic E-state index is 0.0145. The Morgan fingerprint density at radius 1 is 0.667 bits per heavy atom. The molecule has 0 aliphatic rings. The molecule has 2 atom stereocenters. The summed E-state index contributed by atoms with van der Waals surface area (Å²) in [5, 5.41) is 0. The Bertz CT molecular complexity index is 633. The standard InChI is InChI=1S/C37H71NO4/c1-6-8-10-12-13-17-20-24-29-36(42-37(40)41-32-26-31-38(4)5)30-25-21-18-15-14-16-19-23-28-35(33-34(3)39)27-22-11-9-7-2/h19,23,35-36H,6-18,20-22,24-33H2,1-5H3/b23-19-/t35-,36?/m1/s1. The average Bonchev–Trinajstić information content (AvgIpc) is 2.95. The maximum atomic E-state index is 12.3. The Kier molecular flexibility index (Phi) is 30.1. The lowest BCUT2D eigenvalue weighted by atomic mass is 9.92. The Balaban J connectivity index is 4.21. The Labute approximate surface area is 261 Å². The molecule has 0 heterocycles. The van der Waals surface area contributed by atoms with E-state index in [1.165, 1.54) is 103 Å². The number of ketones is 1. The van der Waals surface area contributed by atoms with Crippen molar-refractivity contribution in [3.63, 3.8) is 0 Å². The van der Waals surface area contributed by atoms with Gasteiger partial charge in [0.1, 0.15) is 11.9 Å². The number of unbranched alkanes of at least 4 members (excludes halogenated alkanes) is 15. The molecular weight excluding hydrogens is 522 g/mol. The first-order chi connectivity index (χ1) is 20.4. The van der Waals surface area contributed by atoms with E-state index in [9.17, 15) is 9.59 Å². The Morgan fingerprint density at radius 2 is 1.19 bits per heavy atom. The number of hydrogen-bond acceptors (Lipinski definition) is 5. The van der Waals surface area contributed by atoms with E-state index in [4.69, 9.17) is 9.47 Å². The van der Waals surface area contributed by atoms with Gasteiger partial charge in [0.15, 0.2) is 0 Å². The second-order valence-corrected chi connectivity index (χ2v) is 12.9. The molecular formula is C37H71NO4. The predicted molar refractivity (Wildman–Crippen MR) is 180 cm³/mol. The molecule has 0 aromatic carbocycles. The quantitative estimate of drug-likeness (QED) is 0.0454. The van der Waals surface area contributed by atoms with Gasteiger partial charge in [0.2, 0.25) is 0 Å². The smallest absolute Gasteiger partial charge is 0.434 e. The lowest BCUT2D eigenvalue weighted by molar-refractivity contribution is -0.117. The number of carbonyl (C=O) groups is 2. The zero-order chi connectivity index (χ0) is 31.1. The van der Waals surface area contributed by atoms with Crippen LogP contribution >= 0.6 is 0 Å². The van der Waals surface area contributed by atoms with Crippen LogP contribution in [0.5, 0.6) is 0 Å². The van der Waals surface area contributed by atoms with E-state index in [2.05, 4.69) is 30.9 Å². The summed E-state index contributed by atoms with van der Waals surface area (Å²) in [7, 11) is 4.05. The fraction of sp³-hybridized carbons (Fsp3) is 0.892. The van der Waals surface area contributed by atoms with Crippen LogP contribution < -0.4 is 0 Å². The second kappa shape index (κ2) is 31.1. The normalized spacial score (nSPS) is 13.1. The summed E-state index contributed by atoms with van der Waals surface area (Å²) in [4.78, 5) is 26.0. The maximum absolute atomic E-state index is 12.3. The minimum atomic E-state index is -0.489. The fourth-order valence-corrected chi connectivity index (χ4v) is 5.62. The molecule has 0 aromatic heterocycles. The van der Waals surface area contributed by atoms with Gasteiger partial charge in [0, 0.05) is 13.0 Å². The molecule has 0 rings (SSSR count). The van der Waals surface area contributed by atoms with E-state index in [0.717, 1.165) is 57.9 Å². The summed E-state index contributed by atoms with van der Waals surface area (Å²) in [5.41, 5.74) is 0. The van der Waals surface area contributed by atoms with Crippen molar-refractivity contribution in [3.8, 4) is 0 Å². The highest BCUT2D eigenvalue weighted by Gasteiger charge is 2.15. The monoisotopic (exact) mass is 594 g/mol. The van der Waals surface area contributed by atoms with Gasteiger partial charge < -0.3 is 19.2 Å². The first-order valence-corrected chi connectivity index (χ1v) is 18.0. The summed E-state index contributed by atoms with van der Waals surface area (Å²) >= 11 is 0. The fourth-order valence-electron chi connectivity index (χ4n) is 5.62. The van der Waals surface area contributed by atoms with Crippen molar-refractivity contribution in [2.45, 2.75) is 181 Å². The van der Waals surface area contributed by atoms with E-state index < -0.39 is 6.16 Å². The van der Waals surface area contributed by atoms with Crippen LogP contribution in [0, 0.1) is 5.92 Å². The summed E-state index contributed by atoms with van der Waals surface area (Å²) in [6.07, 6.45) is 32.4. The topological polar surface area (TPSA) is 55.8 Å². The van der Waals surface area contributed by atoms with Crippen molar-refractivity contribution in [1.82, 2.24) is 4.90 Å². The van der Waals surface area contributed by atoms with Crippen LogP contribution in [0.4, 0.5) is 4.79 Å². The molecule has 0 saturated heterocycles. The lowest BCUT2D eigenvalue weighted by Gasteiger charge is -2.18. The van der Waals surface area contributed by atoms with E-state index in [0.29, 0.717) is 18.3 Å². The molecule has 0 aromatic rings. The van der Waals surface area contributed by atoms with Gasteiger partial charge in [-0.1, -0.05) is 116 Å². The highest BCUT2D eigenvalue weighted by Crippen LogP contribution is 2.20. The van der Waals surface area contributed by atoms with E-state index in [-0.39, 0.29) is 6.10 Å². The van der Waals surface area contributed by atoms with Gasteiger partial charge >= 0.3 is 6.16 Å². The largest absolute Gasteiger partial charge is 0.508 e. The van der Waals surface area contributed by atoms with Gasteiger partial charge in [-0.15, -0.1) is 0 Å². The molecule has 0 N–H and O–H groups in total. The van der Waals surface area contributed by atoms with Crippen molar-refractivity contribution in [2.24, 2.45) is 5.92 Å². The van der Waals surface area contributed by atoms with Crippen molar-refractivity contribution < 1.29 is 19.1 Å². The lowest BCUT2D eigenvalue weighted by Crippen LogP contribution is -2.21. The molecule has 0 bridgehead atoms. The van der Waals surface area contributed by atoms with Gasteiger partial charge in [-0.3, -0.25) is 0 Å². The van der Waals surface area contributed by atoms with Gasteiger partial charge in [0.05, 0.1) is 6.61 Å². The molecule has 0 aliphatic heterocycles. The van der Waals surface area contributed by atoms with Crippen molar-refractivity contribution >= 4 is 11.9 Å². The van der Waals surface area contributed by atoms with E-state index in [1.807, 2.05) is 14.1 Å². The number of Topliss-reactive ketones (excluding diaryl/α,β-unsaturated/α-hetero) is 1. The summed E-state index contributed by atoms with van der Waals surface area (Å²) in [6, 6.07) is 0. The third-order valence-electron chi connectivity index (χ3n) is 8.19. The predicted octanol–water partition coefficient (Wildman–Crippen LogP) is 11.2. The van der Waals surface area contributed by atoms with Gasteiger partial charge in [0.25, 0.3) is 0 Å². The minimum Gasteiger partial charge on any atom is -0.434 e. The zero-order valence-corrected chi connectivity index (χ0v) is 28.8. The molecule has 42 heavy (non-hydrogen) atoms. The Hall–Kier alpha value is -1.36. The summed E-state index contributed by atoms with van der Waals surface area (Å²) in [6.45, 7) is 7.56. The molecule has 5 heteroatoms. The van der Waals surface area contributed by atoms with Gasteiger partial charge in [-0.25, -0.2) is 4.79 Å². The van der Waals surface area contributed by atoms with Crippen LogP contribution in [0.3, 0.4) is 0 Å². The van der Waals surface area contributed by atoms with Gasteiger partial charge in [-0.05, 0) is 84.7 Å². The van der Waals surface area contributed by atoms with Gasteiger partial charge in [-0.2, -0.15) is 0 Å². The van der Waals surface area contributed by atoms with Crippen LogP contribution in [-0.2, 0) is 14.3 Å². The van der Waals surface area contributed by atoms with Crippen LogP contribution in [-0.4, -0.2) is 50.2 Å². The molecule has 248 valence electrons. The molecule has 0 amide bonds. The molecule has 0 fully saturated rings. The van der Waals surface area contributed by atoms with Crippen LogP contribution in [0.25, 0.3) is 0 Å². The number of carbonyl (C=O) groups excluding carboxylic acids is 2. The number of allylic oxidation sites excluding steroid dienone is 2. The second-order valence-electron chi connectivity index (χ2n) is 12.9. The molecule has 5 nitrogen and oxygen atoms in total. The van der Waals surface area contributed by atoms with Crippen LogP contribution in [0.1, 0.15) is 175 Å². The zero-order valence-electron chi connectivity index (χ0n) is 28.8. The SMILES string of the molecule is CCCCCCCCCCC(CCCCCCC/C=C\C[C@@H](CCCCCC)CC(C)=O)OC(=O)OCCCN(C)C. The average molecular weight is 594 g/mol. The highest BCUT2D eigenvalue weighted by atomic mass is 16.7. The maximum Gasteiger partial charge on any atom is 0.508 e. The van der Waals surface area contributed by atoms with Crippen molar-refractivity contribution in [1.29, 1.82) is 0 Å². The third kappa shape index (κ3) is 30.1. The molecule has 0 saturated carbocycles. The first-order valence-electron chi connectivity index (χ1n) is 18.0. The number of nitrogens with zero attached hydrogens (tertiary/aromatic N) is 1. The van der Waals surface area contributed by atoms with E-state index >= 15 is 0 Å². The Morgan fingerprint density at radius 3 is 1.76 bits per heavy atom. The van der Waals surface area contributed by atoms with Crippen LogP contribution in [0.2, 0.25) is 0 Å².